The molecule has 0 radical (unpaired) electrons. The van der Waals surface area contributed by atoms with E-state index < -0.39 is 0 Å². The van der Waals surface area contributed by atoms with Crippen LogP contribution in [0.5, 0.6) is 0 Å². The highest BCUT2D eigenvalue weighted by Gasteiger charge is 2.14. The minimum Gasteiger partial charge on any atom is -0.352 e. The molecule has 0 saturated heterocycles. The van der Waals surface area contributed by atoms with Crippen molar-refractivity contribution in [3.05, 3.63) is 70.5 Å². The van der Waals surface area contributed by atoms with Crippen LogP contribution in [0.4, 0.5) is 0 Å². The number of hydrogen-bond acceptors (Lipinski definition) is 4. The van der Waals surface area contributed by atoms with Crippen molar-refractivity contribution < 1.29 is 4.79 Å². The highest BCUT2D eigenvalue weighted by Crippen LogP contribution is 2.27. The van der Waals surface area contributed by atoms with E-state index in [2.05, 4.69) is 36.1 Å². The fourth-order valence-electron chi connectivity index (χ4n) is 2.79. The first-order valence-electron chi connectivity index (χ1n) is 9.10. The highest BCUT2D eigenvalue weighted by atomic mass is 32.1. The summed E-state index contributed by atoms with van der Waals surface area (Å²) in [5, 5.41) is 4.01. The smallest absolute Gasteiger partial charge is 0.251 e. The van der Waals surface area contributed by atoms with Crippen molar-refractivity contribution in [1.82, 2.24) is 15.3 Å². The molecule has 140 valence electrons. The van der Waals surface area contributed by atoms with Gasteiger partial charge in [-0.25, -0.2) is 4.98 Å². The fourth-order valence-corrected chi connectivity index (χ4v) is 3.86. The number of carbonyl (C=O) groups is 1. The number of pyridine rings is 1. The van der Waals surface area contributed by atoms with Crippen LogP contribution >= 0.6 is 11.3 Å². The van der Waals surface area contributed by atoms with Crippen LogP contribution in [0.2, 0.25) is 0 Å². The lowest BCUT2D eigenvalue weighted by molar-refractivity contribution is 0.0954. The Balaban J connectivity index is 1.58. The van der Waals surface area contributed by atoms with Crippen LogP contribution in [0.25, 0.3) is 10.6 Å². The molecule has 4 nitrogen and oxygen atoms in total. The van der Waals surface area contributed by atoms with Gasteiger partial charge in [0.15, 0.2) is 0 Å². The van der Waals surface area contributed by atoms with Gasteiger partial charge in [0.05, 0.1) is 5.69 Å². The second kappa shape index (κ2) is 8.01. The number of hydrogen-bond donors (Lipinski definition) is 1. The normalized spacial score (nSPS) is 11.4. The maximum Gasteiger partial charge on any atom is 0.251 e. The summed E-state index contributed by atoms with van der Waals surface area (Å²) in [6.45, 7) is 9.11. The van der Waals surface area contributed by atoms with Crippen LogP contribution in [0.3, 0.4) is 0 Å². The van der Waals surface area contributed by atoms with Crippen molar-refractivity contribution in [2.24, 2.45) is 0 Å². The SMILES string of the molecule is Cc1nc(-c2ccncc2)sc1CCNC(=O)c1ccc(C(C)(C)C)cc1. The number of nitrogens with zero attached hydrogens (tertiary/aromatic N) is 2. The maximum absolute atomic E-state index is 12.4. The molecule has 0 atom stereocenters. The van der Waals surface area contributed by atoms with Crippen molar-refractivity contribution >= 4 is 17.2 Å². The van der Waals surface area contributed by atoms with Gasteiger partial charge in [-0.15, -0.1) is 11.3 Å². The molecule has 0 unspecified atom stereocenters. The summed E-state index contributed by atoms with van der Waals surface area (Å²) in [5.74, 6) is -0.0352. The first-order chi connectivity index (χ1) is 12.8. The first kappa shape index (κ1) is 19.2. The number of amides is 1. The number of nitrogens with one attached hydrogen (secondary N) is 1. The summed E-state index contributed by atoms with van der Waals surface area (Å²) in [7, 11) is 0. The van der Waals surface area contributed by atoms with E-state index in [1.54, 1.807) is 23.7 Å². The van der Waals surface area contributed by atoms with Crippen LogP contribution < -0.4 is 5.32 Å². The molecule has 0 bridgehead atoms. The van der Waals surface area contributed by atoms with Crippen molar-refractivity contribution in [2.75, 3.05) is 6.54 Å². The fraction of sp³-hybridized carbons (Fsp3) is 0.318. The summed E-state index contributed by atoms with van der Waals surface area (Å²) >= 11 is 1.67. The Kier molecular flexibility index (Phi) is 5.71. The monoisotopic (exact) mass is 379 g/mol. The number of carbonyl (C=O) groups excluding carboxylic acids is 1. The van der Waals surface area contributed by atoms with E-state index >= 15 is 0 Å². The zero-order chi connectivity index (χ0) is 19.4. The van der Waals surface area contributed by atoms with Crippen molar-refractivity contribution in [3.63, 3.8) is 0 Å². The van der Waals surface area contributed by atoms with Crippen LogP contribution in [-0.2, 0) is 11.8 Å². The van der Waals surface area contributed by atoms with Gasteiger partial charge in [0, 0.05) is 41.4 Å². The van der Waals surface area contributed by atoms with Gasteiger partial charge < -0.3 is 5.32 Å². The Bertz CT molecular complexity index is 909. The van der Waals surface area contributed by atoms with Crippen LogP contribution in [-0.4, -0.2) is 22.4 Å². The lowest BCUT2D eigenvalue weighted by Gasteiger charge is -2.19. The summed E-state index contributed by atoms with van der Waals surface area (Å²) in [6.07, 6.45) is 4.33. The molecule has 3 rings (SSSR count). The molecule has 1 amide bonds. The predicted molar refractivity (Wildman–Crippen MR) is 111 cm³/mol. The van der Waals surface area contributed by atoms with Crippen molar-refractivity contribution in [1.29, 1.82) is 0 Å². The Hall–Kier alpha value is -2.53. The van der Waals surface area contributed by atoms with Gasteiger partial charge in [-0.2, -0.15) is 0 Å². The van der Waals surface area contributed by atoms with E-state index in [0.29, 0.717) is 12.1 Å². The number of rotatable bonds is 5. The molecule has 0 saturated carbocycles. The minimum absolute atomic E-state index is 0.0352. The Morgan fingerprint density at radius 1 is 1.07 bits per heavy atom. The second-order valence-corrected chi connectivity index (χ2v) is 8.68. The average Bonchev–Trinajstić information content (AvgIpc) is 3.02. The molecule has 0 aliphatic heterocycles. The van der Waals surface area contributed by atoms with Gasteiger partial charge in [-0.3, -0.25) is 9.78 Å². The number of aromatic nitrogens is 2. The topological polar surface area (TPSA) is 54.9 Å². The van der Waals surface area contributed by atoms with Crippen molar-refractivity contribution in [2.45, 2.75) is 39.5 Å². The molecule has 0 fully saturated rings. The van der Waals surface area contributed by atoms with Gasteiger partial charge in [0.1, 0.15) is 5.01 Å². The molecule has 0 aliphatic rings. The zero-order valence-corrected chi connectivity index (χ0v) is 17.1. The molecule has 2 heterocycles. The minimum atomic E-state index is -0.0352. The van der Waals surface area contributed by atoms with E-state index in [1.165, 1.54) is 10.4 Å². The molecule has 1 N–H and O–H groups in total. The van der Waals surface area contributed by atoms with Gasteiger partial charge in [-0.05, 0) is 42.2 Å². The van der Waals surface area contributed by atoms with E-state index in [9.17, 15) is 4.79 Å². The second-order valence-electron chi connectivity index (χ2n) is 7.60. The molecule has 0 spiro atoms. The molecule has 2 aromatic heterocycles. The molecule has 27 heavy (non-hydrogen) atoms. The van der Waals surface area contributed by atoms with Gasteiger partial charge in [0.25, 0.3) is 5.91 Å². The van der Waals surface area contributed by atoms with Gasteiger partial charge in [-0.1, -0.05) is 32.9 Å². The molecule has 1 aromatic carbocycles. The van der Waals surface area contributed by atoms with E-state index in [0.717, 1.165) is 22.7 Å². The summed E-state index contributed by atoms with van der Waals surface area (Å²) in [5.41, 5.74) is 4.11. The number of thiazole rings is 1. The molecule has 0 aliphatic carbocycles. The third kappa shape index (κ3) is 4.80. The van der Waals surface area contributed by atoms with E-state index in [4.69, 9.17) is 0 Å². The lowest BCUT2D eigenvalue weighted by Crippen LogP contribution is -2.25. The van der Waals surface area contributed by atoms with Gasteiger partial charge >= 0.3 is 0 Å². The lowest BCUT2D eigenvalue weighted by atomic mass is 9.87. The van der Waals surface area contributed by atoms with Crippen LogP contribution in [0.15, 0.2) is 48.8 Å². The number of aryl methyl sites for hydroxylation is 1. The molecule has 5 heteroatoms. The van der Waals surface area contributed by atoms with Crippen LogP contribution in [0, 0.1) is 6.92 Å². The third-order valence-corrected chi connectivity index (χ3v) is 5.74. The first-order valence-corrected chi connectivity index (χ1v) is 9.91. The molecule has 3 aromatic rings. The molecular formula is C22H25N3OS. The standard InChI is InChI=1S/C22H25N3OS/c1-15-19(27-21(25-15)17-9-12-23-13-10-17)11-14-24-20(26)16-5-7-18(8-6-16)22(2,3)4/h5-10,12-13H,11,14H2,1-4H3,(H,24,26). The Morgan fingerprint density at radius 3 is 2.37 bits per heavy atom. The summed E-state index contributed by atoms with van der Waals surface area (Å²) in [4.78, 5) is 22.3. The zero-order valence-electron chi connectivity index (χ0n) is 16.2. The van der Waals surface area contributed by atoms with Crippen molar-refractivity contribution in [3.8, 4) is 10.6 Å². The third-order valence-electron chi connectivity index (χ3n) is 4.47. The molecular weight excluding hydrogens is 354 g/mol. The quantitative estimate of drug-likeness (QED) is 0.694. The maximum atomic E-state index is 12.4. The largest absolute Gasteiger partial charge is 0.352 e. The van der Waals surface area contributed by atoms with E-state index in [1.807, 2.05) is 43.3 Å². The predicted octanol–water partition coefficient (Wildman–Crippen LogP) is 4.78. The summed E-state index contributed by atoms with van der Waals surface area (Å²) in [6, 6.07) is 11.8. The van der Waals surface area contributed by atoms with Crippen LogP contribution in [0.1, 0.15) is 47.3 Å². The average molecular weight is 380 g/mol. The number of benzene rings is 1. The highest BCUT2D eigenvalue weighted by molar-refractivity contribution is 7.15. The summed E-state index contributed by atoms with van der Waals surface area (Å²) < 4.78 is 0. The Labute approximate surface area is 164 Å². The van der Waals surface area contributed by atoms with Gasteiger partial charge in [0.2, 0.25) is 0 Å². The Morgan fingerprint density at radius 2 is 1.74 bits per heavy atom. The van der Waals surface area contributed by atoms with E-state index in [-0.39, 0.29) is 11.3 Å².